The van der Waals surface area contributed by atoms with Gasteiger partial charge in [-0.3, -0.25) is 9.59 Å². The van der Waals surface area contributed by atoms with Crippen LogP contribution in [0, 0.1) is 12.7 Å². The molecule has 0 unspecified atom stereocenters. The van der Waals surface area contributed by atoms with E-state index in [0.717, 1.165) is 5.56 Å². The SMILES string of the molecule is Cc1ccc(C(=O)N2CCN(C(=O)[C@@H](N)Cc3ccccc3)CC2)cc1F.Cl. The Balaban J connectivity index is 0.00000280. The summed E-state index contributed by atoms with van der Waals surface area (Å²) in [7, 11) is 0. The maximum absolute atomic E-state index is 13.7. The Morgan fingerprint density at radius 2 is 1.64 bits per heavy atom. The van der Waals surface area contributed by atoms with Crippen molar-refractivity contribution in [2.75, 3.05) is 26.2 Å². The number of halogens is 2. The molecule has 0 aromatic heterocycles. The number of benzene rings is 2. The number of carbonyl (C=O) groups excluding carboxylic acids is 2. The molecule has 0 bridgehead atoms. The summed E-state index contributed by atoms with van der Waals surface area (Å²) in [6.45, 7) is 3.35. The molecule has 0 aliphatic carbocycles. The predicted molar refractivity (Wildman–Crippen MR) is 109 cm³/mol. The lowest BCUT2D eigenvalue weighted by atomic mass is 10.1. The van der Waals surface area contributed by atoms with E-state index in [2.05, 4.69) is 0 Å². The lowest BCUT2D eigenvalue weighted by Crippen LogP contribution is -2.54. The van der Waals surface area contributed by atoms with Crippen molar-refractivity contribution in [2.24, 2.45) is 5.73 Å². The summed E-state index contributed by atoms with van der Waals surface area (Å²) < 4.78 is 13.7. The topological polar surface area (TPSA) is 66.6 Å². The number of rotatable bonds is 4. The number of hydrogen-bond acceptors (Lipinski definition) is 3. The van der Waals surface area contributed by atoms with Gasteiger partial charge in [0, 0.05) is 31.7 Å². The monoisotopic (exact) mass is 405 g/mol. The summed E-state index contributed by atoms with van der Waals surface area (Å²) >= 11 is 0. The number of nitrogens with zero attached hydrogens (tertiary/aromatic N) is 2. The highest BCUT2D eigenvalue weighted by molar-refractivity contribution is 5.94. The predicted octanol–water partition coefficient (Wildman–Crippen LogP) is 2.41. The number of piperazine rings is 1. The first-order valence-corrected chi connectivity index (χ1v) is 9.09. The van der Waals surface area contributed by atoms with Crippen molar-refractivity contribution >= 4 is 24.2 Å². The van der Waals surface area contributed by atoms with Gasteiger partial charge in [0.15, 0.2) is 0 Å². The number of carbonyl (C=O) groups is 2. The van der Waals surface area contributed by atoms with Gasteiger partial charge in [-0.15, -0.1) is 12.4 Å². The summed E-state index contributed by atoms with van der Waals surface area (Å²) in [5.41, 5.74) is 7.95. The van der Waals surface area contributed by atoms with E-state index in [4.69, 9.17) is 5.73 Å². The third-order valence-electron chi connectivity index (χ3n) is 4.91. The number of amides is 2. The van der Waals surface area contributed by atoms with Crippen LogP contribution in [-0.4, -0.2) is 53.8 Å². The molecule has 150 valence electrons. The van der Waals surface area contributed by atoms with E-state index >= 15 is 0 Å². The lowest BCUT2D eigenvalue weighted by Gasteiger charge is -2.36. The molecule has 0 saturated carbocycles. The molecule has 7 heteroatoms. The Hall–Kier alpha value is -2.44. The van der Waals surface area contributed by atoms with Crippen molar-refractivity contribution in [3.05, 3.63) is 71.0 Å². The fourth-order valence-electron chi connectivity index (χ4n) is 3.23. The quantitative estimate of drug-likeness (QED) is 0.849. The molecule has 1 saturated heterocycles. The van der Waals surface area contributed by atoms with Gasteiger partial charge in [-0.2, -0.15) is 0 Å². The van der Waals surface area contributed by atoms with Crippen LogP contribution in [0.25, 0.3) is 0 Å². The second-order valence-corrected chi connectivity index (χ2v) is 6.88. The van der Waals surface area contributed by atoms with E-state index in [9.17, 15) is 14.0 Å². The molecule has 2 N–H and O–H groups in total. The highest BCUT2D eigenvalue weighted by Gasteiger charge is 2.27. The van der Waals surface area contributed by atoms with E-state index < -0.39 is 6.04 Å². The summed E-state index contributed by atoms with van der Waals surface area (Å²) in [6.07, 6.45) is 0.488. The molecule has 1 aliphatic rings. The fraction of sp³-hybridized carbons (Fsp3) is 0.333. The van der Waals surface area contributed by atoms with Crippen LogP contribution in [0.2, 0.25) is 0 Å². The van der Waals surface area contributed by atoms with Gasteiger partial charge in [-0.1, -0.05) is 36.4 Å². The minimum Gasteiger partial charge on any atom is -0.338 e. The molecule has 0 spiro atoms. The summed E-state index contributed by atoms with van der Waals surface area (Å²) in [6, 6.07) is 13.6. The third kappa shape index (κ3) is 5.09. The maximum atomic E-state index is 13.7. The van der Waals surface area contributed by atoms with E-state index in [1.54, 1.807) is 28.9 Å². The highest BCUT2D eigenvalue weighted by Crippen LogP contribution is 2.14. The van der Waals surface area contributed by atoms with E-state index in [0.29, 0.717) is 43.7 Å². The molecular formula is C21H25ClFN3O2. The van der Waals surface area contributed by atoms with Crippen LogP contribution in [-0.2, 0) is 11.2 Å². The van der Waals surface area contributed by atoms with E-state index in [-0.39, 0.29) is 30.0 Å². The lowest BCUT2D eigenvalue weighted by molar-refractivity contribution is -0.134. The Labute approximate surface area is 170 Å². The third-order valence-corrected chi connectivity index (χ3v) is 4.91. The summed E-state index contributed by atoms with van der Waals surface area (Å²) in [5, 5.41) is 0. The second-order valence-electron chi connectivity index (χ2n) is 6.88. The zero-order valence-corrected chi connectivity index (χ0v) is 16.6. The average Bonchev–Trinajstić information content (AvgIpc) is 2.70. The standard InChI is InChI=1S/C21H24FN3O2.ClH/c1-15-7-8-17(14-18(15)22)20(26)24-9-11-25(12-10-24)21(27)19(23)13-16-5-3-2-4-6-16;/h2-8,14,19H,9-13,23H2,1H3;1H/t19-;/m0./s1. The minimum absolute atomic E-state index is 0. The van der Waals surface area contributed by atoms with Crippen LogP contribution in [0.4, 0.5) is 4.39 Å². The van der Waals surface area contributed by atoms with Crippen LogP contribution in [0.3, 0.4) is 0 Å². The van der Waals surface area contributed by atoms with Crippen molar-refractivity contribution < 1.29 is 14.0 Å². The maximum Gasteiger partial charge on any atom is 0.254 e. The Bertz CT molecular complexity index is 824. The van der Waals surface area contributed by atoms with E-state index in [1.807, 2.05) is 30.3 Å². The highest BCUT2D eigenvalue weighted by atomic mass is 35.5. The molecule has 1 heterocycles. The molecule has 5 nitrogen and oxygen atoms in total. The van der Waals surface area contributed by atoms with Gasteiger partial charge in [-0.05, 0) is 36.6 Å². The second kappa shape index (κ2) is 9.66. The molecule has 2 aromatic rings. The van der Waals surface area contributed by atoms with Crippen LogP contribution < -0.4 is 5.73 Å². The van der Waals surface area contributed by atoms with Gasteiger partial charge >= 0.3 is 0 Å². The van der Waals surface area contributed by atoms with Crippen molar-refractivity contribution in [1.29, 1.82) is 0 Å². The zero-order chi connectivity index (χ0) is 19.4. The molecule has 28 heavy (non-hydrogen) atoms. The van der Waals surface area contributed by atoms with Crippen LogP contribution >= 0.6 is 12.4 Å². The Morgan fingerprint density at radius 1 is 1.04 bits per heavy atom. The van der Waals surface area contributed by atoms with Crippen LogP contribution in [0.5, 0.6) is 0 Å². The molecular weight excluding hydrogens is 381 g/mol. The van der Waals surface area contributed by atoms with Gasteiger partial charge in [0.25, 0.3) is 5.91 Å². The van der Waals surface area contributed by atoms with Gasteiger partial charge in [0.2, 0.25) is 5.91 Å². The summed E-state index contributed by atoms with van der Waals surface area (Å²) in [4.78, 5) is 28.5. The first-order chi connectivity index (χ1) is 13.0. The number of nitrogens with two attached hydrogens (primary N) is 1. The molecule has 2 aromatic carbocycles. The minimum atomic E-state index is -0.596. The molecule has 1 atom stereocenters. The van der Waals surface area contributed by atoms with Crippen LogP contribution in [0.1, 0.15) is 21.5 Å². The van der Waals surface area contributed by atoms with Crippen molar-refractivity contribution in [3.8, 4) is 0 Å². The van der Waals surface area contributed by atoms with Gasteiger partial charge < -0.3 is 15.5 Å². The first kappa shape index (κ1) is 21.9. The average molecular weight is 406 g/mol. The Morgan fingerprint density at radius 3 is 2.25 bits per heavy atom. The fourth-order valence-corrected chi connectivity index (χ4v) is 3.23. The number of hydrogen-bond donors (Lipinski definition) is 1. The van der Waals surface area contributed by atoms with Crippen molar-refractivity contribution in [1.82, 2.24) is 9.80 Å². The van der Waals surface area contributed by atoms with Crippen molar-refractivity contribution in [2.45, 2.75) is 19.4 Å². The largest absolute Gasteiger partial charge is 0.338 e. The molecule has 2 amide bonds. The first-order valence-electron chi connectivity index (χ1n) is 9.09. The van der Waals surface area contributed by atoms with Crippen molar-refractivity contribution in [3.63, 3.8) is 0 Å². The number of aryl methyl sites for hydroxylation is 1. The molecule has 3 rings (SSSR count). The summed E-state index contributed by atoms with van der Waals surface area (Å²) in [5.74, 6) is -0.705. The molecule has 1 fully saturated rings. The van der Waals surface area contributed by atoms with Gasteiger partial charge in [0.05, 0.1) is 6.04 Å². The Kier molecular flexibility index (Phi) is 7.54. The van der Waals surface area contributed by atoms with Crippen LogP contribution in [0.15, 0.2) is 48.5 Å². The zero-order valence-electron chi connectivity index (χ0n) is 15.8. The van der Waals surface area contributed by atoms with Gasteiger partial charge in [-0.25, -0.2) is 4.39 Å². The van der Waals surface area contributed by atoms with E-state index in [1.165, 1.54) is 6.07 Å². The molecule has 0 radical (unpaired) electrons. The smallest absolute Gasteiger partial charge is 0.254 e. The molecule has 1 aliphatic heterocycles. The normalized spacial score (nSPS) is 15.0. The van der Waals surface area contributed by atoms with Gasteiger partial charge in [0.1, 0.15) is 5.82 Å².